The fraction of sp³-hybridized carbons (Fsp3) is 0.692. The van der Waals surface area contributed by atoms with E-state index in [-0.39, 0.29) is 11.3 Å². The van der Waals surface area contributed by atoms with Gasteiger partial charge in [-0.25, -0.2) is 4.39 Å². The molecule has 92 valence electrons. The van der Waals surface area contributed by atoms with Gasteiger partial charge in [0.1, 0.15) is 5.67 Å². The van der Waals surface area contributed by atoms with Crippen LogP contribution in [0.1, 0.15) is 26.7 Å². The van der Waals surface area contributed by atoms with Gasteiger partial charge in [-0.3, -0.25) is 0 Å². The topological polar surface area (TPSA) is 12.0 Å². The number of hydrogen-bond donors (Lipinski definition) is 1. The van der Waals surface area contributed by atoms with E-state index in [1.54, 1.807) is 0 Å². The number of nitrogens with one attached hydrogen (secondary N) is 1. The van der Waals surface area contributed by atoms with Crippen molar-refractivity contribution in [3.63, 3.8) is 0 Å². The number of halogens is 2. The highest BCUT2D eigenvalue weighted by molar-refractivity contribution is 6.22. The monoisotopic (exact) mass is 245 g/mol. The number of hydrogen-bond acceptors (Lipinski definition) is 1. The normalized spacial score (nSPS) is 28.7. The molecule has 0 aromatic rings. The lowest BCUT2D eigenvalue weighted by atomic mass is 9.83. The summed E-state index contributed by atoms with van der Waals surface area (Å²) in [5.41, 5.74) is -0.431. The Hall–Kier alpha value is -0.340. The van der Waals surface area contributed by atoms with Crippen LogP contribution in [0, 0.1) is 5.92 Å². The van der Waals surface area contributed by atoms with Crippen molar-refractivity contribution in [3.05, 3.63) is 23.8 Å². The third kappa shape index (κ3) is 3.08. The van der Waals surface area contributed by atoms with E-state index >= 15 is 0 Å². The van der Waals surface area contributed by atoms with Crippen molar-refractivity contribution in [1.29, 1.82) is 0 Å². The van der Waals surface area contributed by atoms with Crippen LogP contribution in [0.15, 0.2) is 23.8 Å². The maximum atomic E-state index is 14.7. The molecule has 1 nitrogen and oxygen atoms in total. The Morgan fingerprint density at radius 3 is 2.75 bits per heavy atom. The molecule has 1 rings (SSSR count). The van der Waals surface area contributed by atoms with E-state index in [2.05, 4.69) is 5.32 Å². The highest BCUT2D eigenvalue weighted by Crippen LogP contribution is 2.35. The molecular formula is C13H21ClFN. The fourth-order valence-electron chi connectivity index (χ4n) is 1.95. The number of rotatable bonds is 5. The van der Waals surface area contributed by atoms with E-state index in [1.807, 2.05) is 39.1 Å². The zero-order valence-electron chi connectivity index (χ0n) is 10.3. The van der Waals surface area contributed by atoms with E-state index in [0.717, 1.165) is 5.57 Å². The lowest BCUT2D eigenvalue weighted by Crippen LogP contribution is -2.30. The van der Waals surface area contributed by atoms with E-state index in [9.17, 15) is 4.39 Å². The van der Waals surface area contributed by atoms with Gasteiger partial charge in [0.15, 0.2) is 0 Å². The SMILES string of the molecule is CCC(F)(CCNC)C1=CC(C)C(Cl)C=C1. The van der Waals surface area contributed by atoms with Gasteiger partial charge in [0.2, 0.25) is 0 Å². The second-order valence-electron chi connectivity index (χ2n) is 4.46. The van der Waals surface area contributed by atoms with Crippen molar-refractivity contribution in [2.45, 2.75) is 37.7 Å². The van der Waals surface area contributed by atoms with Gasteiger partial charge in [-0.1, -0.05) is 32.1 Å². The quantitative estimate of drug-likeness (QED) is 0.732. The van der Waals surface area contributed by atoms with Crippen molar-refractivity contribution in [1.82, 2.24) is 5.32 Å². The van der Waals surface area contributed by atoms with Crippen LogP contribution in [-0.4, -0.2) is 24.6 Å². The van der Waals surface area contributed by atoms with Crippen LogP contribution in [0.4, 0.5) is 4.39 Å². The Morgan fingerprint density at radius 2 is 2.25 bits per heavy atom. The molecule has 0 heterocycles. The highest BCUT2D eigenvalue weighted by atomic mass is 35.5. The molecule has 1 aliphatic rings. The summed E-state index contributed by atoms with van der Waals surface area (Å²) in [6.45, 7) is 4.60. The van der Waals surface area contributed by atoms with Crippen LogP contribution >= 0.6 is 11.6 Å². The van der Waals surface area contributed by atoms with Crippen LogP contribution in [0.5, 0.6) is 0 Å². The van der Waals surface area contributed by atoms with E-state index in [0.29, 0.717) is 19.4 Å². The summed E-state index contributed by atoms with van der Waals surface area (Å²) >= 11 is 6.06. The van der Waals surface area contributed by atoms with E-state index < -0.39 is 5.67 Å². The molecule has 1 N–H and O–H groups in total. The Labute approximate surface area is 103 Å². The van der Waals surface area contributed by atoms with Gasteiger partial charge in [-0.2, -0.15) is 0 Å². The summed E-state index contributed by atoms with van der Waals surface area (Å²) in [5, 5.41) is 2.99. The van der Waals surface area contributed by atoms with Crippen molar-refractivity contribution in [3.8, 4) is 0 Å². The minimum Gasteiger partial charge on any atom is -0.320 e. The molecule has 0 spiro atoms. The molecule has 0 fully saturated rings. The van der Waals surface area contributed by atoms with E-state index in [4.69, 9.17) is 11.6 Å². The third-order valence-electron chi connectivity index (χ3n) is 3.25. The number of alkyl halides is 2. The molecule has 3 unspecified atom stereocenters. The predicted molar refractivity (Wildman–Crippen MR) is 68.7 cm³/mol. The zero-order chi connectivity index (χ0) is 12.2. The van der Waals surface area contributed by atoms with Crippen LogP contribution in [0.3, 0.4) is 0 Å². The summed E-state index contributed by atoms with van der Waals surface area (Å²) in [4.78, 5) is 0. The average molecular weight is 246 g/mol. The first-order chi connectivity index (χ1) is 7.53. The fourth-order valence-corrected chi connectivity index (χ4v) is 2.09. The van der Waals surface area contributed by atoms with Gasteiger partial charge in [-0.05, 0) is 37.9 Å². The minimum absolute atomic E-state index is 0.00541. The minimum atomic E-state index is -1.22. The second kappa shape index (κ2) is 5.83. The molecule has 3 atom stereocenters. The molecule has 0 aromatic heterocycles. The second-order valence-corrected chi connectivity index (χ2v) is 4.96. The molecule has 1 aliphatic carbocycles. The largest absolute Gasteiger partial charge is 0.320 e. The summed E-state index contributed by atoms with van der Waals surface area (Å²) in [6.07, 6.45) is 6.72. The van der Waals surface area contributed by atoms with Crippen LogP contribution in [-0.2, 0) is 0 Å². The van der Waals surface area contributed by atoms with Crippen molar-refractivity contribution in [2.24, 2.45) is 5.92 Å². The lowest BCUT2D eigenvalue weighted by molar-refractivity contribution is 0.193. The average Bonchev–Trinajstić information content (AvgIpc) is 2.29. The maximum absolute atomic E-state index is 14.7. The maximum Gasteiger partial charge on any atom is 0.136 e. The van der Waals surface area contributed by atoms with Crippen LogP contribution in [0.2, 0.25) is 0 Å². The van der Waals surface area contributed by atoms with Crippen molar-refractivity contribution < 1.29 is 4.39 Å². The highest BCUT2D eigenvalue weighted by Gasteiger charge is 2.32. The molecule has 0 aliphatic heterocycles. The summed E-state index contributed by atoms with van der Waals surface area (Å²) in [7, 11) is 1.85. The van der Waals surface area contributed by atoms with Crippen LogP contribution < -0.4 is 5.32 Å². The van der Waals surface area contributed by atoms with Crippen molar-refractivity contribution >= 4 is 11.6 Å². The standard InChI is InChI=1S/C13H21ClFN/c1-4-13(15,7-8-16-3)11-5-6-12(14)10(2)9-11/h5-6,9-10,12,16H,4,7-8H2,1-3H3. The summed E-state index contributed by atoms with van der Waals surface area (Å²) in [5.74, 6) is 0.206. The Kier molecular flexibility index (Phi) is 5.00. The summed E-state index contributed by atoms with van der Waals surface area (Å²) < 4.78 is 14.7. The molecule has 0 aromatic carbocycles. The van der Waals surface area contributed by atoms with Gasteiger partial charge >= 0.3 is 0 Å². The van der Waals surface area contributed by atoms with Crippen LogP contribution in [0.25, 0.3) is 0 Å². The lowest BCUT2D eigenvalue weighted by Gasteiger charge is -2.29. The molecule has 0 saturated heterocycles. The third-order valence-corrected chi connectivity index (χ3v) is 3.80. The molecule has 0 bridgehead atoms. The first kappa shape index (κ1) is 13.7. The Morgan fingerprint density at radius 1 is 1.56 bits per heavy atom. The Balaban J connectivity index is 2.80. The molecule has 0 amide bonds. The van der Waals surface area contributed by atoms with Gasteiger partial charge in [-0.15, -0.1) is 11.6 Å². The van der Waals surface area contributed by atoms with Gasteiger partial charge in [0, 0.05) is 0 Å². The first-order valence-corrected chi connectivity index (χ1v) is 6.35. The smallest absolute Gasteiger partial charge is 0.136 e. The Bertz CT molecular complexity index is 288. The molecule has 0 saturated carbocycles. The first-order valence-electron chi connectivity index (χ1n) is 5.91. The molecule has 16 heavy (non-hydrogen) atoms. The van der Waals surface area contributed by atoms with Crippen molar-refractivity contribution in [2.75, 3.05) is 13.6 Å². The predicted octanol–water partition coefficient (Wildman–Crippen LogP) is 3.45. The van der Waals surface area contributed by atoms with Gasteiger partial charge in [0.25, 0.3) is 0 Å². The van der Waals surface area contributed by atoms with E-state index in [1.165, 1.54) is 0 Å². The zero-order valence-corrected chi connectivity index (χ0v) is 11.0. The molecule has 3 heteroatoms. The molecular weight excluding hydrogens is 225 g/mol. The van der Waals surface area contributed by atoms with Gasteiger partial charge in [0.05, 0.1) is 5.38 Å². The number of allylic oxidation sites excluding steroid dienone is 4. The van der Waals surface area contributed by atoms with Gasteiger partial charge < -0.3 is 5.32 Å². The molecule has 0 radical (unpaired) electrons. The summed E-state index contributed by atoms with van der Waals surface area (Å²) in [6, 6.07) is 0.